The topological polar surface area (TPSA) is 176 Å². The highest BCUT2D eigenvalue weighted by Gasteiger charge is 2.52. The second-order valence-electron chi connectivity index (χ2n) is 7.73. The van der Waals surface area contributed by atoms with Crippen LogP contribution in [0.2, 0.25) is 0 Å². The number of rotatable bonds is 7. The van der Waals surface area contributed by atoms with Gasteiger partial charge in [-0.25, -0.2) is 23.0 Å². The predicted octanol–water partition coefficient (Wildman–Crippen LogP) is -1.11. The number of carbonyl (C=O) groups is 2. The normalized spacial score (nSPS) is 22.0. The zero-order valence-corrected chi connectivity index (χ0v) is 19.1. The summed E-state index contributed by atoms with van der Waals surface area (Å²) in [5.74, 6) is -0.424. The van der Waals surface area contributed by atoms with Gasteiger partial charge in [0.1, 0.15) is 22.7 Å². The average Bonchev–Trinajstić information content (AvgIpc) is 3.08. The van der Waals surface area contributed by atoms with E-state index >= 15 is 0 Å². The maximum absolute atomic E-state index is 12.8. The Hall–Kier alpha value is -1.68. The third-order valence-electron chi connectivity index (χ3n) is 4.14. The zero-order chi connectivity index (χ0) is 22.3. The van der Waals surface area contributed by atoms with E-state index in [2.05, 4.69) is 15.5 Å². The van der Waals surface area contributed by atoms with E-state index in [0.29, 0.717) is 22.2 Å². The Labute approximate surface area is 182 Å². The first kappa shape index (κ1) is 23.0. The van der Waals surface area contributed by atoms with Crippen molar-refractivity contribution in [2.75, 3.05) is 17.3 Å². The number of β-lactam (4-membered cyclic amide) rings is 1. The van der Waals surface area contributed by atoms with E-state index in [1.807, 2.05) is 0 Å². The van der Waals surface area contributed by atoms with Gasteiger partial charge in [-0.05, 0) is 36.8 Å². The number of hydrogen-bond acceptors (Lipinski definition) is 11. The highest BCUT2D eigenvalue weighted by atomic mass is 32.2. The number of amides is 1. The molecule has 0 saturated carbocycles. The molecule has 2 atom stereocenters. The lowest BCUT2D eigenvalue weighted by Crippen LogP contribution is -2.68. The summed E-state index contributed by atoms with van der Waals surface area (Å²) in [5.41, 5.74) is 6.04. The number of nitrogens with two attached hydrogens (primary N) is 2. The van der Waals surface area contributed by atoms with Gasteiger partial charge in [0.15, 0.2) is 0 Å². The molecule has 2 aliphatic heterocycles. The SMILES string of the molecule is CC(C)(C)OC(=O)C1=C(CSc2nnnn2CCS(N)(=O)=O)CS[C@@H]2C(N)C(=O)N12. The van der Waals surface area contributed by atoms with Crippen LogP contribution in [0.5, 0.6) is 0 Å². The van der Waals surface area contributed by atoms with Gasteiger partial charge in [0.25, 0.3) is 0 Å². The lowest BCUT2D eigenvalue weighted by molar-refractivity contribution is -0.157. The molecular weight excluding hydrogens is 454 g/mol. The summed E-state index contributed by atoms with van der Waals surface area (Å²) in [5, 5.41) is 16.3. The second-order valence-corrected chi connectivity index (χ2v) is 11.5. The Bertz CT molecular complexity index is 985. The molecule has 166 valence electrons. The van der Waals surface area contributed by atoms with Crippen LogP contribution < -0.4 is 10.9 Å². The number of ether oxygens (including phenoxy) is 1. The maximum Gasteiger partial charge on any atom is 0.355 e. The third-order valence-corrected chi connectivity index (χ3v) is 7.30. The number of tetrazole rings is 1. The number of aromatic nitrogens is 4. The first-order chi connectivity index (χ1) is 13.9. The lowest BCUT2D eigenvalue weighted by Gasteiger charge is -2.48. The van der Waals surface area contributed by atoms with Crippen LogP contribution >= 0.6 is 23.5 Å². The number of esters is 1. The molecule has 0 aromatic carbocycles. The molecule has 3 heterocycles. The minimum atomic E-state index is -3.66. The molecule has 1 amide bonds. The van der Waals surface area contributed by atoms with Gasteiger partial charge in [-0.2, -0.15) is 0 Å². The predicted molar refractivity (Wildman–Crippen MR) is 110 cm³/mol. The molecule has 0 aliphatic carbocycles. The van der Waals surface area contributed by atoms with Gasteiger partial charge < -0.3 is 10.5 Å². The van der Waals surface area contributed by atoms with Crippen LogP contribution in [-0.4, -0.2) is 79.7 Å². The van der Waals surface area contributed by atoms with Crippen molar-refractivity contribution in [3.05, 3.63) is 11.3 Å². The lowest BCUT2D eigenvalue weighted by atomic mass is 10.0. The van der Waals surface area contributed by atoms with Gasteiger partial charge in [0.05, 0.1) is 12.3 Å². The van der Waals surface area contributed by atoms with E-state index in [0.717, 1.165) is 0 Å². The highest BCUT2D eigenvalue weighted by Crippen LogP contribution is 2.41. The third kappa shape index (κ3) is 5.14. The first-order valence-corrected chi connectivity index (χ1v) is 12.7. The molecule has 12 nitrogen and oxygen atoms in total. The van der Waals surface area contributed by atoms with Gasteiger partial charge in [-0.1, -0.05) is 11.8 Å². The van der Waals surface area contributed by atoms with Crippen LogP contribution in [-0.2, 0) is 30.9 Å². The van der Waals surface area contributed by atoms with Gasteiger partial charge in [-0.15, -0.1) is 16.9 Å². The summed E-state index contributed by atoms with van der Waals surface area (Å²) in [6.07, 6.45) is 0. The molecule has 0 spiro atoms. The average molecular weight is 478 g/mol. The second kappa shape index (κ2) is 8.45. The summed E-state index contributed by atoms with van der Waals surface area (Å²) in [6, 6.07) is -0.646. The van der Waals surface area contributed by atoms with Gasteiger partial charge in [-0.3, -0.25) is 9.69 Å². The molecule has 1 fully saturated rings. The molecule has 1 unspecified atom stereocenters. The molecule has 2 aliphatic rings. The molecule has 0 radical (unpaired) electrons. The Kier molecular flexibility index (Phi) is 6.48. The van der Waals surface area contributed by atoms with Crippen molar-refractivity contribution >= 4 is 45.4 Å². The van der Waals surface area contributed by atoms with Gasteiger partial charge >= 0.3 is 5.97 Å². The summed E-state index contributed by atoms with van der Waals surface area (Å²) in [7, 11) is -3.66. The number of aryl methyl sites for hydroxylation is 1. The fraction of sp³-hybridized carbons (Fsp3) is 0.667. The quantitative estimate of drug-likeness (QED) is 0.276. The van der Waals surface area contributed by atoms with Crippen LogP contribution in [0, 0.1) is 0 Å². The van der Waals surface area contributed by atoms with Crippen LogP contribution in [0.3, 0.4) is 0 Å². The van der Waals surface area contributed by atoms with Crippen molar-refractivity contribution in [2.24, 2.45) is 10.9 Å². The Morgan fingerprint density at radius 1 is 1.40 bits per heavy atom. The Balaban J connectivity index is 1.81. The first-order valence-electron chi connectivity index (χ1n) is 8.92. The fourth-order valence-corrected chi connectivity index (χ4v) is 5.57. The smallest absolute Gasteiger partial charge is 0.355 e. The number of sulfonamides is 1. The van der Waals surface area contributed by atoms with Crippen molar-refractivity contribution in [1.82, 2.24) is 25.1 Å². The van der Waals surface area contributed by atoms with Crippen molar-refractivity contribution in [1.29, 1.82) is 0 Å². The van der Waals surface area contributed by atoms with E-state index < -0.39 is 27.6 Å². The fourth-order valence-electron chi connectivity index (χ4n) is 2.81. The number of hydrogen-bond donors (Lipinski definition) is 2. The number of fused-ring (bicyclic) bond motifs is 1. The van der Waals surface area contributed by atoms with Crippen LogP contribution in [0.1, 0.15) is 20.8 Å². The maximum atomic E-state index is 12.8. The standard InChI is InChI=1S/C15H23N7O5S3/c1-15(2,3)27-13(24)10-8(6-28-12-9(16)11(23)22(10)12)7-29-14-18-19-20-21(14)4-5-30(17,25)26/h9,12H,4-7,16H2,1-3H3,(H2,17,25,26)/t9?,12-/m1/s1. The van der Waals surface area contributed by atoms with Crippen molar-refractivity contribution < 1.29 is 22.7 Å². The molecule has 1 aromatic rings. The molecular formula is C15H23N7O5S3. The van der Waals surface area contributed by atoms with E-state index in [1.54, 1.807) is 20.8 Å². The van der Waals surface area contributed by atoms with Crippen LogP contribution in [0.25, 0.3) is 0 Å². The monoisotopic (exact) mass is 477 g/mol. The number of nitrogens with zero attached hydrogens (tertiary/aromatic N) is 5. The van der Waals surface area contributed by atoms with E-state index in [9.17, 15) is 18.0 Å². The molecule has 0 bridgehead atoms. The molecule has 1 aromatic heterocycles. The van der Waals surface area contributed by atoms with Gasteiger partial charge in [0, 0.05) is 11.5 Å². The summed E-state index contributed by atoms with van der Waals surface area (Å²) < 4.78 is 29.2. The number of thioether (sulfide) groups is 2. The molecule has 4 N–H and O–H groups in total. The van der Waals surface area contributed by atoms with Crippen LogP contribution in [0.4, 0.5) is 0 Å². The van der Waals surface area contributed by atoms with E-state index in [-0.39, 0.29) is 29.3 Å². The summed E-state index contributed by atoms with van der Waals surface area (Å²) >= 11 is 2.70. The van der Waals surface area contributed by atoms with Crippen LogP contribution in [0.15, 0.2) is 16.4 Å². The zero-order valence-electron chi connectivity index (χ0n) is 16.6. The number of primary sulfonamides is 1. The Morgan fingerprint density at radius 3 is 2.73 bits per heavy atom. The molecule has 3 rings (SSSR count). The van der Waals surface area contributed by atoms with Crippen molar-refractivity contribution in [2.45, 2.75) is 49.5 Å². The Morgan fingerprint density at radius 2 is 2.10 bits per heavy atom. The largest absolute Gasteiger partial charge is 0.455 e. The van der Waals surface area contributed by atoms with E-state index in [1.165, 1.54) is 33.1 Å². The molecule has 15 heteroatoms. The van der Waals surface area contributed by atoms with Gasteiger partial charge in [0.2, 0.25) is 21.1 Å². The number of carbonyl (C=O) groups excluding carboxylic acids is 2. The minimum Gasteiger partial charge on any atom is -0.455 e. The molecule has 30 heavy (non-hydrogen) atoms. The van der Waals surface area contributed by atoms with Crippen molar-refractivity contribution in [3.8, 4) is 0 Å². The minimum absolute atomic E-state index is 0.00241. The summed E-state index contributed by atoms with van der Waals surface area (Å²) in [6.45, 7) is 5.25. The van der Waals surface area contributed by atoms with E-state index in [4.69, 9.17) is 15.6 Å². The molecule has 1 saturated heterocycles. The summed E-state index contributed by atoms with van der Waals surface area (Å²) in [4.78, 5) is 26.6. The highest BCUT2D eigenvalue weighted by molar-refractivity contribution is 8.01. The van der Waals surface area contributed by atoms with Crippen molar-refractivity contribution in [3.63, 3.8) is 0 Å².